The fourth-order valence-corrected chi connectivity index (χ4v) is 6.81. The molecule has 0 aliphatic heterocycles. The number of rotatable bonds is 10. The molecule has 7 heteroatoms. The number of nitrogens with one attached hydrogen (secondary N) is 3. The smallest absolute Gasteiger partial charge is 0.224 e. The second-order valence-electron chi connectivity index (χ2n) is 10.6. The zero-order valence-corrected chi connectivity index (χ0v) is 20.6. The summed E-state index contributed by atoms with van der Waals surface area (Å²) in [5.41, 5.74) is 3.23. The van der Waals surface area contributed by atoms with Crippen LogP contribution in [0.4, 0.5) is 11.5 Å². The van der Waals surface area contributed by atoms with Crippen LogP contribution in [-0.2, 0) is 4.79 Å². The predicted octanol–water partition coefficient (Wildman–Crippen LogP) is 4.98. The Hall–Kier alpha value is -2.15. The van der Waals surface area contributed by atoms with Crippen LogP contribution in [-0.4, -0.2) is 42.2 Å². The third-order valence-corrected chi connectivity index (χ3v) is 8.21. The Balaban J connectivity index is 1.25. The number of halogens is 1. The zero-order chi connectivity index (χ0) is 23.7. The van der Waals surface area contributed by atoms with Gasteiger partial charge in [-0.2, -0.15) is 0 Å². The molecule has 2 bridgehead atoms. The van der Waals surface area contributed by atoms with E-state index in [2.05, 4.69) is 29.0 Å². The molecule has 0 saturated heterocycles. The van der Waals surface area contributed by atoms with Crippen LogP contribution in [0.15, 0.2) is 35.9 Å². The van der Waals surface area contributed by atoms with Crippen LogP contribution in [0.1, 0.15) is 45.4 Å². The summed E-state index contributed by atoms with van der Waals surface area (Å²) in [4.78, 5) is 18.0. The summed E-state index contributed by atoms with van der Waals surface area (Å²) in [5.74, 6) is 2.91. The van der Waals surface area contributed by atoms with Gasteiger partial charge in [-0.3, -0.25) is 4.79 Å². The first-order chi connectivity index (χ1) is 16.5. The van der Waals surface area contributed by atoms with Gasteiger partial charge in [0, 0.05) is 24.9 Å². The number of hydrogen-bond acceptors (Lipinski definition) is 5. The SMILES string of the molecule is CC1C=C2CC3CC(CC(=O)Nc4c(Cl)ccc5nc(NCCCNCCO)ccc45)(C1)CC23. The van der Waals surface area contributed by atoms with Crippen LogP contribution in [0.25, 0.3) is 10.9 Å². The van der Waals surface area contributed by atoms with Crippen LogP contribution in [0.2, 0.25) is 5.02 Å². The van der Waals surface area contributed by atoms with Gasteiger partial charge in [0.1, 0.15) is 5.82 Å². The van der Waals surface area contributed by atoms with Crippen molar-refractivity contribution in [3.8, 4) is 0 Å². The first-order valence-corrected chi connectivity index (χ1v) is 13.0. The van der Waals surface area contributed by atoms with E-state index in [4.69, 9.17) is 21.7 Å². The third-order valence-electron chi connectivity index (χ3n) is 7.89. The number of aliphatic hydroxyl groups is 1. The first-order valence-electron chi connectivity index (χ1n) is 12.6. The van der Waals surface area contributed by atoms with Gasteiger partial charge in [0.25, 0.3) is 0 Å². The van der Waals surface area contributed by atoms with E-state index < -0.39 is 0 Å². The molecule has 4 atom stereocenters. The van der Waals surface area contributed by atoms with E-state index >= 15 is 0 Å². The van der Waals surface area contributed by atoms with Crippen molar-refractivity contribution in [1.29, 1.82) is 0 Å². The number of anilines is 2. The third kappa shape index (κ3) is 4.81. The average Bonchev–Trinajstić information content (AvgIpc) is 3.01. The Bertz CT molecular complexity index is 1100. The van der Waals surface area contributed by atoms with E-state index in [1.165, 1.54) is 12.8 Å². The summed E-state index contributed by atoms with van der Waals surface area (Å²) in [6, 6.07) is 7.62. The highest BCUT2D eigenvalue weighted by atomic mass is 35.5. The van der Waals surface area contributed by atoms with Gasteiger partial charge < -0.3 is 21.1 Å². The molecule has 1 aromatic heterocycles. The van der Waals surface area contributed by atoms with Crippen molar-refractivity contribution in [3.05, 3.63) is 40.9 Å². The van der Waals surface area contributed by atoms with E-state index in [9.17, 15) is 4.79 Å². The van der Waals surface area contributed by atoms with Gasteiger partial charge in [-0.1, -0.05) is 30.2 Å². The highest BCUT2D eigenvalue weighted by molar-refractivity contribution is 6.35. The quantitative estimate of drug-likeness (QED) is 0.283. The Morgan fingerprint density at radius 3 is 2.91 bits per heavy atom. The van der Waals surface area contributed by atoms with Crippen molar-refractivity contribution in [3.63, 3.8) is 0 Å². The first kappa shape index (κ1) is 23.6. The predicted molar refractivity (Wildman–Crippen MR) is 138 cm³/mol. The molecule has 182 valence electrons. The lowest BCUT2D eigenvalue weighted by Crippen LogP contribution is -2.28. The molecule has 1 heterocycles. The summed E-state index contributed by atoms with van der Waals surface area (Å²) >= 11 is 6.54. The molecule has 0 spiro atoms. The Kier molecular flexibility index (Phi) is 6.83. The van der Waals surface area contributed by atoms with E-state index in [1.54, 1.807) is 5.57 Å². The number of carbonyl (C=O) groups excluding carboxylic acids is 1. The Morgan fingerprint density at radius 1 is 1.18 bits per heavy atom. The molecule has 1 amide bonds. The maximum atomic E-state index is 13.3. The average molecular weight is 483 g/mol. The van der Waals surface area contributed by atoms with E-state index in [1.807, 2.05) is 24.3 Å². The molecule has 4 unspecified atom stereocenters. The summed E-state index contributed by atoms with van der Waals surface area (Å²) in [6.45, 7) is 4.69. The van der Waals surface area contributed by atoms with Gasteiger partial charge in [0.15, 0.2) is 0 Å². The van der Waals surface area contributed by atoms with E-state index in [0.29, 0.717) is 29.6 Å². The fourth-order valence-electron chi connectivity index (χ4n) is 6.60. The minimum absolute atomic E-state index is 0.0592. The van der Waals surface area contributed by atoms with Crippen molar-refractivity contribution in [2.45, 2.75) is 45.4 Å². The number of aromatic nitrogens is 1. The Morgan fingerprint density at radius 2 is 2.06 bits per heavy atom. The lowest BCUT2D eigenvalue weighted by Gasteiger charge is -2.36. The summed E-state index contributed by atoms with van der Waals surface area (Å²) < 4.78 is 0. The molecule has 0 radical (unpaired) electrons. The van der Waals surface area contributed by atoms with E-state index in [0.717, 1.165) is 60.9 Å². The summed E-state index contributed by atoms with van der Waals surface area (Å²) in [7, 11) is 0. The molecular weight excluding hydrogens is 448 g/mol. The van der Waals surface area contributed by atoms with Crippen molar-refractivity contribution in [2.75, 3.05) is 36.9 Å². The molecule has 3 aliphatic carbocycles. The number of pyridine rings is 1. The standard InChI is InChI=1S/C27H35ClN4O2/c1-17-11-18-12-19-14-27(13-17,15-21(18)19)16-25(34)32-26-20-3-6-24(30-8-2-7-29-9-10-33)31-23(20)5-4-22(26)28/h3-6,11,17,19,21,29,33H,2,7-10,12-16H2,1H3,(H,30,31)(H,32,34). The molecule has 2 aromatic rings. The second-order valence-corrected chi connectivity index (χ2v) is 11.0. The number of fused-ring (bicyclic) bond motifs is 2. The van der Waals surface area contributed by atoms with Gasteiger partial charge in [-0.05, 0) is 86.1 Å². The van der Waals surface area contributed by atoms with Crippen LogP contribution in [0, 0.1) is 23.2 Å². The molecular formula is C27H35ClN4O2. The van der Waals surface area contributed by atoms with Gasteiger partial charge >= 0.3 is 0 Å². The van der Waals surface area contributed by atoms with Gasteiger partial charge in [0.2, 0.25) is 5.91 Å². The number of hydrogen-bond donors (Lipinski definition) is 4. The molecule has 6 nitrogen and oxygen atoms in total. The molecule has 34 heavy (non-hydrogen) atoms. The topological polar surface area (TPSA) is 86.3 Å². The molecule has 5 rings (SSSR count). The van der Waals surface area contributed by atoms with Crippen molar-refractivity contribution < 1.29 is 9.90 Å². The number of amides is 1. The molecule has 3 aliphatic rings. The molecule has 4 N–H and O–H groups in total. The number of aliphatic hydroxyl groups excluding tert-OH is 1. The molecule has 2 fully saturated rings. The highest BCUT2D eigenvalue weighted by Crippen LogP contribution is 2.63. The summed E-state index contributed by atoms with van der Waals surface area (Å²) in [6.07, 6.45) is 8.67. The largest absolute Gasteiger partial charge is 0.395 e. The monoisotopic (exact) mass is 482 g/mol. The van der Waals surface area contributed by atoms with Crippen LogP contribution < -0.4 is 16.0 Å². The summed E-state index contributed by atoms with van der Waals surface area (Å²) in [5, 5.41) is 19.9. The normalized spacial score (nSPS) is 27.1. The highest BCUT2D eigenvalue weighted by Gasteiger charge is 2.54. The number of nitrogens with zero attached hydrogens (tertiary/aromatic N) is 1. The number of carbonyl (C=O) groups is 1. The number of allylic oxidation sites excluding steroid dienone is 2. The van der Waals surface area contributed by atoms with E-state index in [-0.39, 0.29) is 17.9 Å². The maximum absolute atomic E-state index is 13.3. The van der Waals surface area contributed by atoms with Crippen LogP contribution in [0.3, 0.4) is 0 Å². The lowest BCUT2D eigenvalue weighted by atomic mass is 9.69. The van der Waals surface area contributed by atoms with Crippen LogP contribution in [0.5, 0.6) is 0 Å². The fraction of sp³-hybridized carbons (Fsp3) is 0.556. The zero-order valence-electron chi connectivity index (χ0n) is 19.9. The minimum Gasteiger partial charge on any atom is -0.395 e. The minimum atomic E-state index is 0.0592. The lowest BCUT2D eigenvalue weighted by molar-refractivity contribution is -0.118. The molecule has 1 aromatic carbocycles. The van der Waals surface area contributed by atoms with Crippen LogP contribution >= 0.6 is 11.6 Å². The Labute approximate surface area is 206 Å². The maximum Gasteiger partial charge on any atom is 0.224 e. The number of benzene rings is 1. The van der Waals surface area contributed by atoms with Crippen molar-refractivity contribution in [1.82, 2.24) is 10.3 Å². The van der Waals surface area contributed by atoms with Crippen molar-refractivity contribution >= 4 is 39.9 Å². The van der Waals surface area contributed by atoms with Crippen molar-refractivity contribution in [2.24, 2.45) is 23.2 Å². The van der Waals surface area contributed by atoms with Gasteiger partial charge in [-0.15, -0.1) is 0 Å². The molecule has 2 saturated carbocycles. The van der Waals surface area contributed by atoms with Gasteiger partial charge in [-0.25, -0.2) is 4.98 Å². The van der Waals surface area contributed by atoms with Gasteiger partial charge in [0.05, 0.1) is 22.8 Å². The second kappa shape index (κ2) is 9.84.